The van der Waals surface area contributed by atoms with Gasteiger partial charge in [-0.2, -0.15) is 0 Å². The van der Waals surface area contributed by atoms with Crippen molar-refractivity contribution in [3.05, 3.63) is 0 Å². The molecule has 1 fully saturated rings. The summed E-state index contributed by atoms with van der Waals surface area (Å²) in [4.78, 5) is 4.89. The fourth-order valence-corrected chi connectivity index (χ4v) is 2.74. The van der Waals surface area contributed by atoms with Crippen LogP contribution in [0, 0.1) is 0 Å². The summed E-state index contributed by atoms with van der Waals surface area (Å²) in [5, 5.41) is 3.82. The highest BCUT2D eigenvalue weighted by Crippen LogP contribution is 2.14. The fraction of sp³-hybridized carbons (Fsp3) is 1.00. The van der Waals surface area contributed by atoms with Gasteiger partial charge in [-0.05, 0) is 80.2 Å². The molecule has 1 aliphatic rings. The van der Waals surface area contributed by atoms with Crippen molar-refractivity contribution < 1.29 is 0 Å². The second kappa shape index (κ2) is 8.13. The highest BCUT2D eigenvalue weighted by Gasteiger charge is 2.19. The van der Waals surface area contributed by atoms with Crippen LogP contribution in [0.15, 0.2) is 0 Å². The summed E-state index contributed by atoms with van der Waals surface area (Å²) >= 11 is 0. The lowest BCUT2D eigenvalue weighted by Crippen LogP contribution is -2.39. The Morgan fingerprint density at radius 2 is 1.89 bits per heavy atom. The van der Waals surface area contributed by atoms with Gasteiger partial charge in [0.1, 0.15) is 0 Å². The molecule has 1 aliphatic heterocycles. The Labute approximate surface area is 114 Å². The summed E-state index contributed by atoms with van der Waals surface area (Å²) in [6.07, 6.45) is 5.24. The van der Waals surface area contributed by atoms with Crippen molar-refractivity contribution in [3.8, 4) is 0 Å². The molecule has 0 radical (unpaired) electrons. The Balaban J connectivity index is 2.26. The second-order valence-corrected chi connectivity index (χ2v) is 6.42. The molecule has 2 atom stereocenters. The van der Waals surface area contributed by atoms with E-state index < -0.39 is 0 Å². The van der Waals surface area contributed by atoms with E-state index in [0.29, 0.717) is 12.1 Å². The van der Waals surface area contributed by atoms with Crippen LogP contribution >= 0.6 is 0 Å². The topological polar surface area (TPSA) is 18.5 Å². The lowest BCUT2D eigenvalue weighted by atomic mass is 10.1. The number of hydrogen-bond donors (Lipinski definition) is 1. The molecule has 2 unspecified atom stereocenters. The van der Waals surface area contributed by atoms with Crippen molar-refractivity contribution in [2.24, 2.45) is 0 Å². The number of hydrogen-bond acceptors (Lipinski definition) is 3. The summed E-state index contributed by atoms with van der Waals surface area (Å²) in [5.41, 5.74) is 0. The van der Waals surface area contributed by atoms with Gasteiger partial charge in [0.15, 0.2) is 0 Å². The van der Waals surface area contributed by atoms with E-state index in [1.165, 1.54) is 45.3 Å². The van der Waals surface area contributed by atoms with E-state index in [9.17, 15) is 0 Å². The molecule has 0 bridgehead atoms. The van der Waals surface area contributed by atoms with Crippen LogP contribution in [0.3, 0.4) is 0 Å². The zero-order chi connectivity index (χ0) is 13.5. The molecule has 18 heavy (non-hydrogen) atoms. The molecule has 0 saturated carbocycles. The van der Waals surface area contributed by atoms with Crippen LogP contribution in [0.5, 0.6) is 0 Å². The largest absolute Gasteiger partial charge is 0.311 e. The summed E-state index contributed by atoms with van der Waals surface area (Å²) < 4.78 is 0. The van der Waals surface area contributed by atoms with Crippen molar-refractivity contribution in [1.29, 1.82) is 0 Å². The monoisotopic (exact) mass is 255 g/mol. The van der Waals surface area contributed by atoms with Crippen LogP contribution in [-0.4, -0.2) is 61.7 Å². The first-order valence-corrected chi connectivity index (χ1v) is 7.64. The molecule has 1 N–H and O–H groups in total. The Kier molecular flexibility index (Phi) is 7.20. The van der Waals surface area contributed by atoms with E-state index in [4.69, 9.17) is 0 Å². The van der Waals surface area contributed by atoms with E-state index in [1.807, 2.05) is 0 Å². The van der Waals surface area contributed by atoms with Crippen LogP contribution in [0.1, 0.15) is 46.5 Å². The number of likely N-dealkylation sites (tertiary alicyclic amines) is 1. The average molecular weight is 255 g/mol. The van der Waals surface area contributed by atoms with E-state index >= 15 is 0 Å². The van der Waals surface area contributed by atoms with Crippen molar-refractivity contribution in [3.63, 3.8) is 0 Å². The van der Waals surface area contributed by atoms with Crippen LogP contribution < -0.4 is 5.32 Å². The smallest absolute Gasteiger partial charge is 0.00821 e. The van der Waals surface area contributed by atoms with Gasteiger partial charge >= 0.3 is 0 Å². The maximum absolute atomic E-state index is 3.82. The third-order valence-electron chi connectivity index (χ3n) is 4.02. The van der Waals surface area contributed by atoms with Gasteiger partial charge in [-0.1, -0.05) is 0 Å². The molecule has 1 heterocycles. The highest BCUT2D eigenvalue weighted by atomic mass is 15.2. The van der Waals surface area contributed by atoms with Gasteiger partial charge in [0.05, 0.1) is 0 Å². The summed E-state index contributed by atoms with van der Waals surface area (Å²) in [5.74, 6) is 0. The molecule has 0 aromatic heterocycles. The summed E-state index contributed by atoms with van der Waals surface area (Å²) in [6.45, 7) is 10.7. The average Bonchev–Trinajstić information content (AvgIpc) is 2.52. The summed E-state index contributed by atoms with van der Waals surface area (Å²) in [7, 11) is 4.30. The van der Waals surface area contributed by atoms with Crippen molar-refractivity contribution in [1.82, 2.24) is 15.1 Å². The van der Waals surface area contributed by atoms with Gasteiger partial charge in [0, 0.05) is 18.1 Å². The molecule has 0 amide bonds. The number of rotatable bonds is 6. The minimum Gasteiger partial charge on any atom is -0.311 e. The third-order valence-corrected chi connectivity index (χ3v) is 4.02. The SMILES string of the molecule is CC(CCN(C)C)NC1CCCN(C(C)C)CC1. The Morgan fingerprint density at radius 3 is 2.50 bits per heavy atom. The van der Waals surface area contributed by atoms with Crippen LogP contribution in [0.2, 0.25) is 0 Å². The van der Waals surface area contributed by atoms with Crippen LogP contribution in [-0.2, 0) is 0 Å². The quantitative estimate of drug-likeness (QED) is 0.785. The number of nitrogens with one attached hydrogen (secondary N) is 1. The van der Waals surface area contributed by atoms with Gasteiger partial charge in [0.25, 0.3) is 0 Å². The molecule has 3 nitrogen and oxygen atoms in total. The van der Waals surface area contributed by atoms with E-state index in [1.54, 1.807) is 0 Å². The zero-order valence-corrected chi connectivity index (χ0v) is 13.1. The Morgan fingerprint density at radius 1 is 1.17 bits per heavy atom. The van der Waals surface area contributed by atoms with Gasteiger partial charge in [-0.15, -0.1) is 0 Å². The maximum Gasteiger partial charge on any atom is 0.00821 e. The van der Waals surface area contributed by atoms with Gasteiger partial charge in [-0.25, -0.2) is 0 Å². The van der Waals surface area contributed by atoms with Crippen molar-refractivity contribution in [2.75, 3.05) is 33.7 Å². The van der Waals surface area contributed by atoms with Gasteiger partial charge < -0.3 is 15.1 Å². The van der Waals surface area contributed by atoms with Crippen molar-refractivity contribution in [2.45, 2.75) is 64.6 Å². The molecule has 1 saturated heterocycles. The summed E-state index contributed by atoms with van der Waals surface area (Å²) in [6, 6.07) is 2.07. The molecule has 1 rings (SSSR count). The molecule has 3 heteroatoms. The Bertz CT molecular complexity index is 216. The van der Waals surface area contributed by atoms with E-state index in [2.05, 4.69) is 50.0 Å². The fourth-order valence-electron chi connectivity index (χ4n) is 2.74. The van der Waals surface area contributed by atoms with Gasteiger partial charge in [0.2, 0.25) is 0 Å². The van der Waals surface area contributed by atoms with Crippen molar-refractivity contribution >= 4 is 0 Å². The number of nitrogens with zero attached hydrogens (tertiary/aromatic N) is 2. The lowest BCUT2D eigenvalue weighted by Gasteiger charge is -2.25. The minimum absolute atomic E-state index is 0.642. The van der Waals surface area contributed by atoms with E-state index in [-0.39, 0.29) is 0 Å². The molecule has 108 valence electrons. The normalized spacial score (nSPS) is 24.5. The first kappa shape index (κ1) is 15.9. The first-order chi connectivity index (χ1) is 8.49. The Hall–Kier alpha value is -0.120. The molecule has 0 aliphatic carbocycles. The maximum atomic E-state index is 3.82. The zero-order valence-electron chi connectivity index (χ0n) is 13.1. The molecular formula is C15H33N3. The lowest BCUT2D eigenvalue weighted by molar-refractivity contribution is 0.228. The molecule has 0 spiro atoms. The first-order valence-electron chi connectivity index (χ1n) is 7.64. The van der Waals surface area contributed by atoms with E-state index in [0.717, 1.165) is 6.04 Å². The van der Waals surface area contributed by atoms with Crippen LogP contribution in [0.25, 0.3) is 0 Å². The third kappa shape index (κ3) is 6.17. The molecule has 0 aromatic carbocycles. The minimum atomic E-state index is 0.642. The standard InChI is InChI=1S/C15H33N3/c1-13(2)18-10-6-7-15(9-12-18)16-14(3)8-11-17(4)5/h13-16H,6-12H2,1-5H3. The predicted octanol–water partition coefficient (Wildman–Crippen LogP) is 2.18. The second-order valence-electron chi connectivity index (χ2n) is 6.42. The van der Waals surface area contributed by atoms with Gasteiger partial charge in [-0.3, -0.25) is 0 Å². The predicted molar refractivity (Wildman–Crippen MR) is 80.1 cm³/mol. The van der Waals surface area contributed by atoms with Crippen LogP contribution in [0.4, 0.5) is 0 Å². The molecule has 0 aromatic rings. The molecular weight excluding hydrogens is 222 g/mol. The highest BCUT2D eigenvalue weighted by molar-refractivity contribution is 4.78.